The van der Waals surface area contributed by atoms with Crippen LogP contribution in [0.1, 0.15) is 35.7 Å². The highest BCUT2D eigenvalue weighted by molar-refractivity contribution is 5.91. The van der Waals surface area contributed by atoms with Gasteiger partial charge in [0.25, 0.3) is 0 Å². The van der Waals surface area contributed by atoms with Crippen molar-refractivity contribution in [3.05, 3.63) is 46.6 Å². The van der Waals surface area contributed by atoms with Crippen LogP contribution in [0.25, 0.3) is 0 Å². The van der Waals surface area contributed by atoms with Gasteiger partial charge in [0.1, 0.15) is 0 Å². The summed E-state index contributed by atoms with van der Waals surface area (Å²) in [6.07, 6.45) is 2.37. The summed E-state index contributed by atoms with van der Waals surface area (Å²) in [5, 5.41) is 9.84. The van der Waals surface area contributed by atoms with Gasteiger partial charge in [-0.1, -0.05) is 31.5 Å². The number of amides is 1. The molecule has 1 heterocycles. The lowest BCUT2D eigenvalue weighted by Crippen LogP contribution is -2.14. The molecule has 1 amide bonds. The minimum Gasteiger partial charge on any atom is -0.309 e. The van der Waals surface area contributed by atoms with Crippen molar-refractivity contribution >= 4 is 11.7 Å². The van der Waals surface area contributed by atoms with Crippen LogP contribution in [0, 0.1) is 13.8 Å². The zero-order chi connectivity index (χ0) is 14.5. The molecule has 0 radical (unpaired) electrons. The van der Waals surface area contributed by atoms with E-state index in [1.54, 1.807) is 0 Å². The van der Waals surface area contributed by atoms with Gasteiger partial charge in [0.15, 0.2) is 5.82 Å². The molecule has 2 N–H and O–H groups in total. The summed E-state index contributed by atoms with van der Waals surface area (Å²) in [6.45, 7) is 6.23. The highest BCUT2D eigenvalue weighted by Gasteiger charge is 2.07. The van der Waals surface area contributed by atoms with Gasteiger partial charge in [-0.2, -0.15) is 5.10 Å². The van der Waals surface area contributed by atoms with E-state index < -0.39 is 0 Å². The minimum absolute atomic E-state index is 0.0391. The van der Waals surface area contributed by atoms with Crippen LogP contribution < -0.4 is 5.32 Å². The Hall–Kier alpha value is -2.10. The molecule has 1 aromatic carbocycles. The molecule has 0 bridgehead atoms. The Labute approximate surface area is 119 Å². The average molecular weight is 271 g/mol. The zero-order valence-electron chi connectivity index (χ0n) is 12.3. The minimum atomic E-state index is -0.0391. The lowest BCUT2D eigenvalue weighted by atomic mass is 10.0. The van der Waals surface area contributed by atoms with Crippen LogP contribution in [0.3, 0.4) is 0 Å². The Morgan fingerprint density at radius 3 is 2.75 bits per heavy atom. The Balaban J connectivity index is 1.95. The van der Waals surface area contributed by atoms with Crippen LogP contribution in [0.5, 0.6) is 0 Å². The molecule has 1 aromatic heterocycles. The monoisotopic (exact) mass is 271 g/mol. The number of aryl methyl sites for hydroxylation is 3. The highest BCUT2D eigenvalue weighted by atomic mass is 16.1. The van der Waals surface area contributed by atoms with Crippen molar-refractivity contribution in [1.82, 2.24) is 10.2 Å². The van der Waals surface area contributed by atoms with Crippen molar-refractivity contribution in [3.63, 3.8) is 0 Å². The van der Waals surface area contributed by atoms with E-state index in [2.05, 4.69) is 42.4 Å². The fourth-order valence-electron chi connectivity index (χ4n) is 2.11. The summed E-state index contributed by atoms with van der Waals surface area (Å²) < 4.78 is 0. The number of aromatic amines is 1. The zero-order valence-corrected chi connectivity index (χ0v) is 12.3. The second kappa shape index (κ2) is 6.37. The molecular weight excluding hydrogens is 250 g/mol. The molecule has 106 valence electrons. The Bertz CT molecular complexity index is 602. The second-order valence-electron chi connectivity index (χ2n) is 5.17. The molecule has 0 aliphatic rings. The molecule has 0 atom stereocenters. The normalized spacial score (nSPS) is 10.6. The standard InChI is InChI=1S/C16H21N3O/c1-4-5-14-10-15(19-18-14)17-16(20)9-13-7-6-11(2)12(3)8-13/h6-8,10H,4-5,9H2,1-3H3,(H2,17,18,19,20). The Morgan fingerprint density at radius 1 is 1.25 bits per heavy atom. The molecule has 2 rings (SSSR count). The molecule has 0 fully saturated rings. The lowest BCUT2D eigenvalue weighted by molar-refractivity contribution is -0.115. The van der Waals surface area contributed by atoms with Gasteiger partial charge in [-0.3, -0.25) is 9.89 Å². The van der Waals surface area contributed by atoms with Crippen LogP contribution in [0.4, 0.5) is 5.82 Å². The topological polar surface area (TPSA) is 57.8 Å². The average Bonchev–Trinajstić information content (AvgIpc) is 2.81. The number of H-pyrrole nitrogens is 1. The first-order valence-electron chi connectivity index (χ1n) is 6.98. The van der Waals surface area contributed by atoms with Crippen molar-refractivity contribution in [2.45, 2.75) is 40.0 Å². The quantitative estimate of drug-likeness (QED) is 0.877. The first-order chi connectivity index (χ1) is 9.58. The number of anilines is 1. The molecule has 0 saturated carbocycles. The van der Waals surface area contributed by atoms with E-state index in [1.165, 1.54) is 11.1 Å². The van der Waals surface area contributed by atoms with E-state index >= 15 is 0 Å². The second-order valence-corrected chi connectivity index (χ2v) is 5.17. The SMILES string of the molecule is CCCc1cc(NC(=O)Cc2ccc(C)c(C)c2)n[nH]1. The molecule has 0 aliphatic heterocycles. The maximum Gasteiger partial charge on any atom is 0.229 e. The van der Waals surface area contributed by atoms with Gasteiger partial charge in [0, 0.05) is 11.8 Å². The summed E-state index contributed by atoms with van der Waals surface area (Å²) in [7, 11) is 0. The van der Waals surface area contributed by atoms with Gasteiger partial charge in [0.05, 0.1) is 6.42 Å². The third-order valence-electron chi connectivity index (χ3n) is 3.35. The van der Waals surface area contributed by atoms with Gasteiger partial charge in [-0.15, -0.1) is 0 Å². The Morgan fingerprint density at radius 2 is 2.05 bits per heavy atom. The number of nitrogens with zero attached hydrogens (tertiary/aromatic N) is 1. The summed E-state index contributed by atoms with van der Waals surface area (Å²) >= 11 is 0. The number of rotatable bonds is 5. The van der Waals surface area contributed by atoms with E-state index in [0.29, 0.717) is 12.2 Å². The number of hydrogen-bond donors (Lipinski definition) is 2. The molecular formula is C16H21N3O. The van der Waals surface area contributed by atoms with Crippen molar-refractivity contribution in [1.29, 1.82) is 0 Å². The van der Waals surface area contributed by atoms with E-state index in [1.807, 2.05) is 18.2 Å². The lowest BCUT2D eigenvalue weighted by Gasteiger charge is -2.05. The van der Waals surface area contributed by atoms with Gasteiger partial charge in [-0.05, 0) is 37.0 Å². The molecule has 20 heavy (non-hydrogen) atoms. The fourth-order valence-corrected chi connectivity index (χ4v) is 2.11. The van der Waals surface area contributed by atoms with Crippen molar-refractivity contribution in [3.8, 4) is 0 Å². The first-order valence-corrected chi connectivity index (χ1v) is 6.98. The first kappa shape index (κ1) is 14.3. The fraction of sp³-hybridized carbons (Fsp3) is 0.375. The highest BCUT2D eigenvalue weighted by Crippen LogP contribution is 2.12. The summed E-state index contributed by atoms with van der Waals surface area (Å²) in [5.74, 6) is 0.560. The number of benzene rings is 1. The predicted octanol–water partition coefficient (Wildman–Crippen LogP) is 3.16. The molecule has 2 aromatic rings. The summed E-state index contributed by atoms with van der Waals surface area (Å²) in [6, 6.07) is 7.99. The van der Waals surface area contributed by atoms with Crippen LogP contribution in [-0.2, 0) is 17.6 Å². The van der Waals surface area contributed by atoms with Crippen molar-refractivity contribution in [2.75, 3.05) is 5.32 Å². The van der Waals surface area contributed by atoms with E-state index in [4.69, 9.17) is 0 Å². The third-order valence-corrected chi connectivity index (χ3v) is 3.35. The number of carbonyl (C=O) groups is 1. The van der Waals surface area contributed by atoms with Crippen LogP contribution >= 0.6 is 0 Å². The van der Waals surface area contributed by atoms with Crippen LogP contribution in [-0.4, -0.2) is 16.1 Å². The largest absolute Gasteiger partial charge is 0.309 e. The number of hydrogen-bond acceptors (Lipinski definition) is 2. The van der Waals surface area contributed by atoms with Gasteiger partial charge in [0.2, 0.25) is 5.91 Å². The smallest absolute Gasteiger partial charge is 0.229 e. The molecule has 0 unspecified atom stereocenters. The number of aromatic nitrogens is 2. The molecule has 4 nitrogen and oxygen atoms in total. The van der Waals surface area contributed by atoms with E-state index in [-0.39, 0.29) is 5.91 Å². The molecule has 0 spiro atoms. The maximum absolute atomic E-state index is 12.0. The number of nitrogens with one attached hydrogen (secondary N) is 2. The van der Waals surface area contributed by atoms with E-state index in [9.17, 15) is 4.79 Å². The van der Waals surface area contributed by atoms with Gasteiger partial charge in [-0.25, -0.2) is 0 Å². The van der Waals surface area contributed by atoms with Crippen LogP contribution in [0.15, 0.2) is 24.3 Å². The predicted molar refractivity (Wildman–Crippen MR) is 80.8 cm³/mol. The number of carbonyl (C=O) groups excluding carboxylic acids is 1. The summed E-state index contributed by atoms with van der Waals surface area (Å²) in [5.41, 5.74) is 4.52. The Kier molecular flexibility index (Phi) is 4.56. The molecule has 4 heteroatoms. The molecule has 0 saturated heterocycles. The van der Waals surface area contributed by atoms with Gasteiger partial charge < -0.3 is 5.32 Å². The summed E-state index contributed by atoms with van der Waals surface area (Å²) in [4.78, 5) is 12.0. The van der Waals surface area contributed by atoms with Crippen molar-refractivity contribution < 1.29 is 4.79 Å². The van der Waals surface area contributed by atoms with Crippen molar-refractivity contribution in [2.24, 2.45) is 0 Å². The van der Waals surface area contributed by atoms with E-state index in [0.717, 1.165) is 24.1 Å². The van der Waals surface area contributed by atoms with Crippen LogP contribution in [0.2, 0.25) is 0 Å². The van der Waals surface area contributed by atoms with Gasteiger partial charge >= 0.3 is 0 Å². The third kappa shape index (κ3) is 3.70. The maximum atomic E-state index is 12.0. The molecule has 0 aliphatic carbocycles.